The summed E-state index contributed by atoms with van der Waals surface area (Å²) in [6.07, 6.45) is 0.0218. The number of morpholine rings is 1. The molecule has 0 N–H and O–H groups in total. The molecule has 1 aromatic heterocycles. The number of hydrogen-bond acceptors (Lipinski definition) is 6. The van der Waals surface area contributed by atoms with Gasteiger partial charge in [0.1, 0.15) is 23.5 Å². The van der Waals surface area contributed by atoms with E-state index in [1.54, 1.807) is 12.1 Å². The van der Waals surface area contributed by atoms with Crippen LogP contribution in [0.4, 0.5) is 4.39 Å². The fraction of sp³-hybridized carbons (Fsp3) is 0.500. The van der Waals surface area contributed by atoms with Gasteiger partial charge in [-0.05, 0) is 18.1 Å². The van der Waals surface area contributed by atoms with Crippen LogP contribution in [0.1, 0.15) is 19.5 Å². The molecule has 0 aliphatic carbocycles. The van der Waals surface area contributed by atoms with Crippen molar-refractivity contribution in [2.75, 3.05) is 32.8 Å². The van der Waals surface area contributed by atoms with Crippen molar-refractivity contribution in [3.63, 3.8) is 0 Å². The van der Waals surface area contributed by atoms with E-state index in [-0.39, 0.29) is 30.9 Å². The fourth-order valence-electron chi connectivity index (χ4n) is 3.09. The maximum Gasteiger partial charge on any atom is 0.311 e. The largest absolute Gasteiger partial charge is 0.463 e. The van der Waals surface area contributed by atoms with E-state index in [4.69, 9.17) is 9.47 Å². The number of hydrogen-bond donors (Lipinski definition) is 0. The van der Waals surface area contributed by atoms with Crippen LogP contribution in [0, 0.1) is 11.7 Å². The van der Waals surface area contributed by atoms with Gasteiger partial charge in [0.2, 0.25) is 0 Å². The summed E-state index contributed by atoms with van der Waals surface area (Å²) in [5, 5.41) is 2.50. The predicted molar refractivity (Wildman–Crippen MR) is 103 cm³/mol. The number of halogens is 1. The normalized spacial score (nSPS) is 18.0. The van der Waals surface area contributed by atoms with Crippen LogP contribution >= 0.6 is 11.3 Å². The highest BCUT2D eigenvalue weighted by Crippen LogP contribution is 2.24. The Bertz CT molecular complexity index is 765. The molecule has 0 spiro atoms. The van der Waals surface area contributed by atoms with Crippen molar-refractivity contribution in [3.8, 4) is 10.6 Å². The molecule has 146 valence electrons. The van der Waals surface area contributed by atoms with Crippen molar-refractivity contribution in [2.45, 2.75) is 26.4 Å². The molecule has 1 fully saturated rings. The predicted octanol–water partition coefficient (Wildman–Crippen LogP) is 3.39. The van der Waals surface area contributed by atoms with E-state index < -0.39 is 0 Å². The minimum atomic E-state index is -0.323. The highest BCUT2D eigenvalue weighted by atomic mass is 32.1. The van der Waals surface area contributed by atoms with Crippen molar-refractivity contribution in [3.05, 3.63) is 41.2 Å². The summed E-state index contributed by atoms with van der Waals surface area (Å²) in [5.74, 6) is -0.0263. The molecule has 1 atom stereocenters. The molecule has 1 aliphatic heterocycles. The van der Waals surface area contributed by atoms with E-state index in [0.29, 0.717) is 28.8 Å². The third-order valence-corrected chi connectivity index (χ3v) is 5.17. The van der Waals surface area contributed by atoms with Crippen LogP contribution in [0.15, 0.2) is 29.6 Å². The van der Waals surface area contributed by atoms with Crippen molar-refractivity contribution in [2.24, 2.45) is 5.92 Å². The molecule has 1 unspecified atom stereocenters. The minimum Gasteiger partial charge on any atom is -0.463 e. The van der Waals surface area contributed by atoms with Crippen LogP contribution in [0.25, 0.3) is 10.6 Å². The lowest BCUT2D eigenvalue weighted by atomic mass is 10.2. The van der Waals surface area contributed by atoms with Gasteiger partial charge in [-0.15, -0.1) is 11.3 Å². The molecule has 0 radical (unpaired) electrons. The maximum atomic E-state index is 13.3. The first-order valence-electron chi connectivity index (χ1n) is 9.19. The van der Waals surface area contributed by atoms with Crippen molar-refractivity contribution in [1.29, 1.82) is 0 Å². The Morgan fingerprint density at radius 3 is 3.11 bits per heavy atom. The smallest absolute Gasteiger partial charge is 0.311 e. The zero-order chi connectivity index (χ0) is 19.2. The molecular formula is C20H25FN2O3S. The molecule has 2 aromatic rings. The molecule has 1 saturated heterocycles. The summed E-state index contributed by atoms with van der Waals surface area (Å²) in [4.78, 5) is 18.9. The molecule has 7 heteroatoms. The highest BCUT2D eigenvalue weighted by Gasteiger charge is 2.22. The Kier molecular flexibility index (Phi) is 6.93. The van der Waals surface area contributed by atoms with Gasteiger partial charge in [0.25, 0.3) is 0 Å². The Morgan fingerprint density at radius 1 is 1.48 bits per heavy atom. The second kappa shape index (κ2) is 9.39. The van der Waals surface area contributed by atoms with E-state index in [1.807, 2.05) is 5.38 Å². The summed E-state index contributed by atoms with van der Waals surface area (Å²) < 4.78 is 24.4. The molecule has 0 amide bonds. The molecule has 2 heterocycles. The highest BCUT2D eigenvalue weighted by molar-refractivity contribution is 7.13. The Labute approximate surface area is 163 Å². The number of nitrogens with zero attached hydrogens (tertiary/aromatic N) is 2. The van der Waals surface area contributed by atoms with E-state index in [1.165, 1.54) is 23.5 Å². The molecule has 5 nitrogen and oxygen atoms in total. The molecule has 1 aliphatic rings. The van der Waals surface area contributed by atoms with E-state index in [9.17, 15) is 9.18 Å². The van der Waals surface area contributed by atoms with Crippen LogP contribution < -0.4 is 0 Å². The number of esters is 1. The molecule has 0 bridgehead atoms. The number of benzene rings is 1. The van der Waals surface area contributed by atoms with Gasteiger partial charge in [0, 0.05) is 30.6 Å². The maximum absolute atomic E-state index is 13.3. The Hall–Kier alpha value is -1.83. The topological polar surface area (TPSA) is 51.7 Å². The van der Waals surface area contributed by atoms with Gasteiger partial charge in [-0.1, -0.05) is 26.0 Å². The summed E-state index contributed by atoms with van der Waals surface area (Å²) in [6, 6.07) is 6.27. The third-order valence-electron chi connectivity index (χ3n) is 4.23. The summed E-state index contributed by atoms with van der Waals surface area (Å²) in [5.41, 5.74) is 1.34. The SMILES string of the molecule is CC(C)CN1CCOC(COC(=O)Cc2csc(-c3cccc(F)c3)n2)C1. The standard InChI is InChI=1S/C20H25FN2O3S/c1-14(2)10-23-6-7-25-18(11-23)12-26-19(24)9-17-13-27-20(22-17)15-4-3-5-16(21)8-15/h3-5,8,13-14,18H,6-7,9-12H2,1-2H3. The van der Waals surface area contributed by atoms with Gasteiger partial charge in [-0.25, -0.2) is 9.37 Å². The van der Waals surface area contributed by atoms with Crippen molar-refractivity contribution < 1.29 is 18.7 Å². The Balaban J connectivity index is 1.47. The second-order valence-corrected chi connectivity index (χ2v) is 8.02. The van der Waals surface area contributed by atoms with E-state index in [0.717, 1.165) is 19.6 Å². The van der Waals surface area contributed by atoms with Crippen LogP contribution in [-0.2, 0) is 20.7 Å². The second-order valence-electron chi connectivity index (χ2n) is 7.16. The molecular weight excluding hydrogens is 367 g/mol. The number of ether oxygens (including phenoxy) is 2. The van der Waals surface area contributed by atoms with Crippen LogP contribution in [-0.4, -0.2) is 54.8 Å². The average Bonchev–Trinajstić information content (AvgIpc) is 3.08. The zero-order valence-corrected chi connectivity index (χ0v) is 16.5. The number of rotatable bonds is 7. The van der Waals surface area contributed by atoms with Crippen molar-refractivity contribution in [1.82, 2.24) is 9.88 Å². The van der Waals surface area contributed by atoms with Gasteiger partial charge in [0.15, 0.2) is 0 Å². The fourth-order valence-corrected chi connectivity index (χ4v) is 3.91. The van der Waals surface area contributed by atoms with E-state index >= 15 is 0 Å². The van der Waals surface area contributed by atoms with Gasteiger partial charge in [0.05, 0.1) is 18.7 Å². The van der Waals surface area contributed by atoms with Gasteiger partial charge in [-0.2, -0.15) is 0 Å². The first-order chi connectivity index (χ1) is 13.0. The average molecular weight is 392 g/mol. The lowest BCUT2D eigenvalue weighted by molar-refractivity contribution is -0.149. The van der Waals surface area contributed by atoms with Crippen LogP contribution in [0.2, 0.25) is 0 Å². The molecule has 27 heavy (non-hydrogen) atoms. The van der Waals surface area contributed by atoms with Crippen molar-refractivity contribution >= 4 is 17.3 Å². The summed E-state index contributed by atoms with van der Waals surface area (Å²) in [7, 11) is 0. The van der Waals surface area contributed by atoms with Crippen LogP contribution in [0.3, 0.4) is 0 Å². The number of thiazole rings is 1. The lowest BCUT2D eigenvalue weighted by Crippen LogP contribution is -2.45. The minimum absolute atomic E-state index is 0.0836. The zero-order valence-electron chi connectivity index (χ0n) is 15.7. The first kappa shape index (κ1) is 19.9. The third kappa shape index (κ3) is 6.09. The quantitative estimate of drug-likeness (QED) is 0.676. The lowest BCUT2D eigenvalue weighted by Gasteiger charge is -2.33. The number of carbonyl (C=O) groups is 1. The monoisotopic (exact) mass is 392 g/mol. The van der Waals surface area contributed by atoms with Crippen LogP contribution in [0.5, 0.6) is 0 Å². The molecule has 3 rings (SSSR count). The molecule has 1 aromatic carbocycles. The number of aromatic nitrogens is 1. The summed E-state index contributed by atoms with van der Waals surface area (Å²) >= 11 is 1.39. The van der Waals surface area contributed by atoms with Gasteiger partial charge in [-0.3, -0.25) is 9.69 Å². The first-order valence-corrected chi connectivity index (χ1v) is 10.1. The Morgan fingerprint density at radius 2 is 2.33 bits per heavy atom. The summed E-state index contributed by atoms with van der Waals surface area (Å²) in [6.45, 7) is 8.03. The van der Waals surface area contributed by atoms with Gasteiger partial charge < -0.3 is 9.47 Å². The van der Waals surface area contributed by atoms with E-state index in [2.05, 4.69) is 23.7 Å². The number of carbonyl (C=O) groups excluding carboxylic acids is 1. The molecule has 0 saturated carbocycles. The van der Waals surface area contributed by atoms with Gasteiger partial charge >= 0.3 is 5.97 Å².